The zero-order chi connectivity index (χ0) is 23.6. The fraction of sp³-hybridized carbons (Fsp3) is 0.227. The van der Waals surface area contributed by atoms with Crippen molar-refractivity contribution in [3.05, 3.63) is 58.7 Å². The fourth-order valence-corrected chi connectivity index (χ4v) is 3.41. The largest absolute Gasteiger partial charge is 0.494 e. The lowest BCUT2D eigenvalue weighted by molar-refractivity contribution is -0.137. The molecule has 168 valence electrons. The van der Waals surface area contributed by atoms with E-state index in [9.17, 15) is 27.9 Å². The van der Waals surface area contributed by atoms with Gasteiger partial charge in [-0.2, -0.15) is 18.3 Å². The van der Waals surface area contributed by atoms with E-state index in [0.717, 1.165) is 29.5 Å². The molecule has 0 saturated carbocycles. The van der Waals surface area contributed by atoms with Crippen LogP contribution < -0.4 is 11.2 Å². The smallest absolute Gasteiger partial charge is 0.416 e. The lowest BCUT2D eigenvalue weighted by Gasteiger charge is -2.11. The highest BCUT2D eigenvalue weighted by atomic mass is 19.4. The number of primary amides is 1. The summed E-state index contributed by atoms with van der Waals surface area (Å²) in [6.45, 7) is 3.68. The molecule has 3 rings (SSSR count). The summed E-state index contributed by atoms with van der Waals surface area (Å²) in [7, 11) is 0. The first-order chi connectivity index (χ1) is 15.0. The van der Waals surface area contributed by atoms with Gasteiger partial charge in [0.25, 0.3) is 0 Å². The molecule has 2 aromatic carbocycles. The summed E-state index contributed by atoms with van der Waals surface area (Å²) in [5, 5.41) is 15.0. The molecule has 7 nitrogen and oxygen atoms in total. The van der Waals surface area contributed by atoms with Gasteiger partial charge in [-0.1, -0.05) is 12.1 Å². The van der Waals surface area contributed by atoms with Crippen molar-refractivity contribution < 1.29 is 27.9 Å². The van der Waals surface area contributed by atoms with E-state index in [4.69, 9.17) is 5.73 Å². The van der Waals surface area contributed by atoms with Crippen molar-refractivity contribution in [3.63, 3.8) is 0 Å². The Morgan fingerprint density at radius 2 is 1.78 bits per heavy atom. The Morgan fingerprint density at radius 1 is 1.12 bits per heavy atom. The minimum absolute atomic E-state index is 0.128. The number of aryl methyl sites for hydroxylation is 2. The first kappa shape index (κ1) is 22.9. The molecular formula is C22H21F3N4O3. The molecule has 0 radical (unpaired) electrons. The quantitative estimate of drug-likeness (QED) is 0.397. The molecule has 3 aromatic rings. The molecule has 32 heavy (non-hydrogen) atoms. The van der Waals surface area contributed by atoms with Gasteiger partial charge in [0.2, 0.25) is 17.7 Å². The van der Waals surface area contributed by atoms with Crippen LogP contribution in [-0.4, -0.2) is 27.7 Å². The molecule has 1 aromatic heterocycles. The Morgan fingerprint density at radius 3 is 2.38 bits per heavy atom. The fourth-order valence-electron chi connectivity index (χ4n) is 3.41. The highest BCUT2D eigenvalue weighted by molar-refractivity contribution is 6.03. The van der Waals surface area contributed by atoms with E-state index in [0.29, 0.717) is 11.1 Å². The van der Waals surface area contributed by atoms with Gasteiger partial charge in [-0.15, -0.1) is 0 Å². The van der Waals surface area contributed by atoms with Gasteiger partial charge in [-0.25, -0.2) is 5.43 Å². The molecule has 0 atom stereocenters. The molecule has 2 amide bonds. The number of fused-ring (bicyclic) bond motifs is 1. The zero-order valence-electron chi connectivity index (χ0n) is 17.3. The average molecular weight is 446 g/mol. The van der Waals surface area contributed by atoms with Crippen LogP contribution in [0.1, 0.15) is 35.1 Å². The van der Waals surface area contributed by atoms with Crippen molar-refractivity contribution in [2.75, 3.05) is 0 Å². The minimum Gasteiger partial charge on any atom is -0.494 e. The second kappa shape index (κ2) is 8.74. The van der Waals surface area contributed by atoms with Crippen molar-refractivity contribution in [1.29, 1.82) is 0 Å². The normalized spacial score (nSPS) is 11.9. The molecule has 0 aliphatic carbocycles. The van der Waals surface area contributed by atoms with Crippen LogP contribution in [0.25, 0.3) is 16.6 Å². The Labute approximate surface area is 181 Å². The van der Waals surface area contributed by atoms with Gasteiger partial charge in [0.15, 0.2) is 0 Å². The Hall–Kier alpha value is -3.82. The van der Waals surface area contributed by atoms with Crippen LogP contribution in [0.2, 0.25) is 0 Å². The number of carbonyl (C=O) groups excluding carboxylic acids is 2. The summed E-state index contributed by atoms with van der Waals surface area (Å²) in [6.07, 6.45) is -3.74. The van der Waals surface area contributed by atoms with Crippen molar-refractivity contribution in [3.8, 4) is 11.6 Å². The monoisotopic (exact) mass is 446 g/mol. The average Bonchev–Trinajstić information content (AvgIpc) is 2.96. The Balaban J connectivity index is 2.11. The maximum Gasteiger partial charge on any atom is 0.416 e. The molecule has 0 aliphatic rings. The molecule has 0 saturated heterocycles. The molecule has 1 heterocycles. The van der Waals surface area contributed by atoms with E-state index in [-0.39, 0.29) is 29.8 Å². The maximum absolute atomic E-state index is 13.3. The maximum atomic E-state index is 13.3. The van der Waals surface area contributed by atoms with E-state index >= 15 is 0 Å². The number of hydrazone groups is 1. The van der Waals surface area contributed by atoms with Gasteiger partial charge in [0.05, 0.1) is 22.9 Å². The number of aromatic hydroxyl groups is 1. The summed E-state index contributed by atoms with van der Waals surface area (Å²) in [4.78, 5) is 22.5. The summed E-state index contributed by atoms with van der Waals surface area (Å²) < 4.78 is 41.3. The number of amides is 2. The van der Waals surface area contributed by atoms with Crippen molar-refractivity contribution in [2.24, 2.45) is 10.8 Å². The Bertz CT molecular complexity index is 1210. The molecule has 0 aliphatic heterocycles. The van der Waals surface area contributed by atoms with Gasteiger partial charge in [-0.3, -0.25) is 14.2 Å². The van der Waals surface area contributed by atoms with Crippen LogP contribution in [0, 0.1) is 13.8 Å². The number of rotatable bonds is 6. The van der Waals surface area contributed by atoms with Gasteiger partial charge in [-0.05, 0) is 49.2 Å². The number of halogens is 3. The van der Waals surface area contributed by atoms with Gasteiger partial charge >= 0.3 is 6.18 Å². The lowest BCUT2D eigenvalue weighted by Crippen LogP contribution is -2.20. The number of alkyl halides is 3. The number of benzene rings is 2. The zero-order valence-corrected chi connectivity index (χ0v) is 17.3. The summed E-state index contributed by atoms with van der Waals surface area (Å²) in [5.74, 6) is -1.55. The second-order valence-corrected chi connectivity index (χ2v) is 7.41. The molecule has 0 unspecified atom stereocenters. The highest BCUT2D eigenvalue weighted by Crippen LogP contribution is 2.38. The molecular weight excluding hydrogens is 425 g/mol. The predicted molar refractivity (Wildman–Crippen MR) is 114 cm³/mol. The van der Waals surface area contributed by atoms with E-state index in [1.807, 2.05) is 19.9 Å². The second-order valence-electron chi connectivity index (χ2n) is 7.41. The molecule has 4 N–H and O–H groups in total. The molecule has 0 spiro atoms. The standard InChI is InChI=1S/C22H21F3N4O3/c1-12-7-13(2)9-15(8-12)29-18-10-14(22(23,24)25)3-4-16(18)17(21(29)32)11-27-28-20(31)6-5-19(26)30/h3-4,7-11,32H,5-6H2,1-2H3,(H2,26,30)(H,28,31)/b27-11+. The minimum atomic E-state index is -4.57. The van der Waals surface area contributed by atoms with Gasteiger partial charge in [0.1, 0.15) is 0 Å². The topological polar surface area (TPSA) is 110 Å². The SMILES string of the molecule is Cc1cc(C)cc(-n2c(O)c(/C=N/NC(=O)CCC(N)=O)c3ccc(C(F)(F)F)cc32)c1. The van der Waals surface area contributed by atoms with Crippen molar-refractivity contribution in [2.45, 2.75) is 32.9 Å². The van der Waals surface area contributed by atoms with Crippen LogP contribution in [0.5, 0.6) is 5.88 Å². The number of nitrogens with one attached hydrogen (secondary N) is 1. The summed E-state index contributed by atoms with van der Waals surface area (Å²) >= 11 is 0. The van der Waals surface area contributed by atoms with Crippen LogP contribution >= 0.6 is 0 Å². The van der Waals surface area contributed by atoms with Crippen LogP contribution in [-0.2, 0) is 15.8 Å². The van der Waals surface area contributed by atoms with Crippen LogP contribution in [0.4, 0.5) is 13.2 Å². The first-order valence-corrected chi connectivity index (χ1v) is 9.61. The predicted octanol–water partition coefficient (Wildman–Crippen LogP) is 3.69. The lowest BCUT2D eigenvalue weighted by atomic mass is 10.1. The Kier molecular flexibility index (Phi) is 6.24. The number of nitrogens with two attached hydrogens (primary N) is 1. The molecule has 10 heteroatoms. The molecule has 0 fully saturated rings. The summed E-state index contributed by atoms with van der Waals surface area (Å²) in [6, 6.07) is 8.48. The van der Waals surface area contributed by atoms with Crippen molar-refractivity contribution in [1.82, 2.24) is 9.99 Å². The van der Waals surface area contributed by atoms with E-state index in [1.165, 1.54) is 10.6 Å². The van der Waals surface area contributed by atoms with E-state index < -0.39 is 23.6 Å². The number of hydrogen-bond donors (Lipinski definition) is 3. The van der Waals surface area contributed by atoms with Gasteiger partial charge in [0, 0.05) is 23.9 Å². The van der Waals surface area contributed by atoms with Crippen molar-refractivity contribution >= 4 is 28.9 Å². The highest BCUT2D eigenvalue weighted by Gasteiger charge is 2.31. The summed E-state index contributed by atoms with van der Waals surface area (Å²) in [5.41, 5.74) is 8.80. The number of carbonyl (C=O) groups is 2. The third-order valence-electron chi connectivity index (χ3n) is 4.75. The van der Waals surface area contributed by atoms with Crippen LogP contribution in [0.3, 0.4) is 0 Å². The van der Waals surface area contributed by atoms with Gasteiger partial charge < -0.3 is 10.8 Å². The number of aromatic nitrogens is 1. The van der Waals surface area contributed by atoms with Crippen LogP contribution in [0.15, 0.2) is 41.5 Å². The third kappa shape index (κ3) is 4.90. The van der Waals surface area contributed by atoms with E-state index in [1.54, 1.807) is 12.1 Å². The number of nitrogens with zero attached hydrogens (tertiary/aromatic N) is 2. The third-order valence-corrected chi connectivity index (χ3v) is 4.75. The number of hydrogen-bond acceptors (Lipinski definition) is 4. The first-order valence-electron chi connectivity index (χ1n) is 9.61. The molecule has 0 bridgehead atoms. The van der Waals surface area contributed by atoms with E-state index in [2.05, 4.69) is 10.5 Å².